The molecule has 1 heterocycles. The summed E-state index contributed by atoms with van der Waals surface area (Å²) in [6.45, 7) is -3.14. The third kappa shape index (κ3) is 2.88. The molecule has 0 aliphatic carbocycles. The molecule has 3 aromatic rings. The van der Waals surface area contributed by atoms with Crippen LogP contribution in [0.1, 0.15) is 11.1 Å². The van der Waals surface area contributed by atoms with Crippen molar-refractivity contribution in [1.29, 1.82) is 0 Å². The third-order valence-corrected chi connectivity index (χ3v) is 5.27. The largest absolute Gasteiger partial charge is 0.258 e. The Morgan fingerprint density at radius 1 is 0.303 bits per heavy atom. The molecule has 0 saturated carbocycles. The number of hydrogen-bond donors (Lipinski definition) is 0. The summed E-state index contributed by atoms with van der Waals surface area (Å²) in [6.07, 6.45) is -1.49. The fraction of sp³-hybridized carbons (Fsp3) is 0.0526. The van der Waals surface area contributed by atoms with Crippen LogP contribution in [0.25, 0.3) is 0 Å². The van der Waals surface area contributed by atoms with E-state index >= 15 is 0 Å². The van der Waals surface area contributed by atoms with Gasteiger partial charge in [0.2, 0.25) is 0 Å². The zero-order valence-electron chi connectivity index (χ0n) is 15.2. The van der Waals surface area contributed by atoms with E-state index in [2.05, 4.69) is 0 Å². The Kier molecular flexibility index (Phi) is 5.17. The van der Waals surface area contributed by atoms with Gasteiger partial charge in [-0.05, 0) is 22.1 Å². The molecule has 0 aromatic heterocycles. The summed E-state index contributed by atoms with van der Waals surface area (Å²) in [4.78, 5) is 0. The molecule has 1 aliphatic heterocycles. The summed E-state index contributed by atoms with van der Waals surface area (Å²) >= 11 is 0. The lowest BCUT2D eigenvalue weighted by molar-refractivity contribution is 0.383. The average molecular weight is 488 g/mol. The molecule has 1 aliphatic rings. The molecular weight excluding hydrogens is 486 g/mol. The van der Waals surface area contributed by atoms with Gasteiger partial charge in [-0.3, -0.25) is 0 Å². The standard InChI is InChI=1S/C19H2BF13/c21-7-2-1-3-5(10(24)16(30)14(28)8(3)22)20(4(2)9(23)15(29)13(7)27)6-11(25)17(31)19(33)18(32)12(6)26/h1H2. The first-order valence-electron chi connectivity index (χ1n) is 8.53. The van der Waals surface area contributed by atoms with Crippen molar-refractivity contribution in [2.24, 2.45) is 0 Å². The molecule has 0 amide bonds. The monoisotopic (exact) mass is 488 g/mol. The molecule has 0 unspecified atom stereocenters. The number of halogens is 13. The van der Waals surface area contributed by atoms with E-state index in [-0.39, 0.29) is 0 Å². The van der Waals surface area contributed by atoms with Gasteiger partial charge in [0.05, 0.1) is 0 Å². The third-order valence-electron chi connectivity index (χ3n) is 5.27. The SMILES string of the molecule is Fc1c(F)c(F)c(B2c3c(F)c(F)c(F)c(F)c3Cc3c(F)c(F)c(F)c(F)c32)c(F)c1F. The highest BCUT2D eigenvalue weighted by Gasteiger charge is 2.46. The second kappa shape index (κ2) is 7.42. The van der Waals surface area contributed by atoms with Crippen molar-refractivity contribution in [1.82, 2.24) is 0 Å². The molecule has 0 atom stereocenters. The van der Waals surface area contributed by atoms with E-state index in [1.165, 1.54) is 0 Å². The van der Waals surface area contributed by atoms with Gasteiger partial charge in [0.1, 0.15) is 0 Å². The lowest BCUT2D eigenvalue weighted by atomic mass is 9.33. The van der Waals surface area contributed by atoms with Gasteiger partial charge in [-0.25, -0.2) is 57.1 Å². The maximum Gasteiger partial charge on any atom is 0.258 e. The Morgan fingerprint density at radius 3 is 0.879 bits per heavy atom. The maximum atomic E-state index is 14.6. The molecule has 0 nitrogen and oxygen atoms in total. The molecule has 0 fully saturated rings. The minimum atomic E-state index is -3.14. The van der Waals surface area contributed by atoms with Gasteiger partial charge in [0.15, 0.2) is 75.6 Å². The fourth-order valence-electron chi connectivity index (χ4n) is 3.82. The summed E-state index contributed by atoms with van der Waals surface area (Å²) in [5, 5.41) is 0. The lowest BCUT2D eigenvalue weighted by Crippen LogP contribution is -2.62. The highest BCUT2D eigenvalue weighted by Crippen LogP contribution is 2.29. The Balaban J connectivity index is 2.28. The second-order valence-corrected chi connectivity index (χ2v) is 6.89. The Hall–Kier alpha value is -3.19. The Bertz CT molecular complexity index is 1240. The van der Waals surface area contributed by atoms with Crippen LogP contribution >= 0.6 is 0 Å². The predicted octanol–water partition coefficient (Wildman–Crippen LogP) is 3.92. The van der Waals surface area contributed by atoms with Crippen LogP contribution in [0.4, 0.5) is 57.1 Å². The van der Waals surface area contributed by atoms with E-state index in [0.29, 0.717) is 0 Å². The van der Waals surface area contributed by atoms with E-state index in [1.807, 2.05) is 0 Å². The van der Waals surface area contributed by atoms with Gasteiger partial charge in [-0.15, -0.1) is 0 Å². The topological polar surface area (TPSA) is 0 Å². The predicted molar refractivity (Wildman–Crippen MR) is 86.2 cm³/mol. The first-order chi connectivity index (χ1) is 15.3. The number of benzene rings is 3. The van der Waals surface area contributed by atoms with Crippen molar-refractivity contribution < 1.29 is 57.1 Å². The molecule has 4 rings (SSSR count). The molecule has 0 N–H and O–H groups in total. The van der Waals surface area contributed by atoms with Gasteiger partial charge in [-0.1, -0.05) is 0 Å². The van der Waals surface area contributed by atoms with E-state index in [1.54, 1.807) is 0 Å². The molecular formula is C19H2BF13. The smallest absolute Gasteiger partial charge is 0.204 e. The van der Waals surface area contributed by atoms with Crippen molar-refractivity contribution >= 4 is 23.1 Å². The Morgan fingerprint density at radius 2 is 0.545 bits per heavy atom. The van der Waals surface area contributed by atoms with Crippen LogP contribution in [0.2, 0.25) is 0 Å². The quantitative estimate of drug-likeness (QED) is 0.165. The van der Waals surface area contributed by atoms with E-state index in [9.17, 15) is 57.1 Å². The van der Waals surface area contributed by atoms with Crippen LogP contribution in [0.15, 0.2) is 0 Å². The molecule has 3 aromatic carbocycles. The normalized spacial score (nSPS) is 12.8. The highest BCUT2D eigenvalue weighted by molar-refractivity contribution is 6.96. The molecule has 0 saturated heterocycles. The highest BCUT2D eigenvalue weighted by atomic mass is 19.2. The van der Waals surface area contributed by atoms with Crippen LogP contribution in [-0.2, 0) is 6.42 Å². The van der Waals surface area contributed by atoms with Gasteiger partial charge in [0.25, 0.3) is 6.71 Å². The number of rotatable bonds is 1. The van der Waals surface area contributed by atoms with Crippen LogP contribution in [0, 0.1) is 75.6 Å². The summed E-state index contributed by atoms with van der Waals surface area (Å²) in [5.41, 5.74) is -8.46. The first-order valence-corrected chi connectivity index (χ1v) is 8.53. The summed E-state index contributed by atoms with van der Waals surface area (Å²) in [6, 6.07) is 0. The fourth-order valence-corrected chi connectivity index (χ4v) is 3.82. The van der Waals surface area contributed by atoms with Crippen molar-refractivity contribution in [2.45, 2.75) is 6.42 Å². The van der Waals surface area contributed by atoms with Gasteiger partial charge in [0, 0.05) is 11.9 Å². The minimum Gasteiger partial charge on any atom is -0.204 e. The van der Waals surface area contributed by atoms with Crippen LogP contribution in [0.5, 0.6) is 0 Å². The van der Waals surface area contributed by atoms with Crippen LogP contribution in [0.3, 0.4) is 0 Å². The Labute approximate surface area is 174 Å². The van der Waals surface area contributed by atoms with Gasteiger partial charge < -0.3 is 0 Å². The second-order valence-electron chi connectivity index (χ2n) is 6.89. The summed E-state index contributed by atoms with van der Waals surface area (Å²) < 4.78 is 183. The van der Waals surface area contributed by atoms with Crippen molar-refractivity contribution in [3.05, 3.63) is 86.8 Å². The summed E-state index contributed by atoms with van der Waals surface area (Å²) in [5.74, 6) is -33.5. The van der Waals surface area contributed by atoms with Gasteiger partial charge >= 0.3 is 0 Å². The number of hydrogen-bond acceptors (Lipinski definition) is 0. The zero-order chi connectivity index (χ0) is 24.7. The molecule has 0 bridgehead atoms. The van der Waals surface area contributed by atoms with Crippen LogP contribution in [-0.4, -0.2) is 6.71 Å². The first kappa shape index (κ1) is 23.0. The molecule has 14 heteroatoms. The van der Waals surface area contributed by atoms with Crippen LogP contribution < -0.4 is 16.4 Å². The summed E-state index contributed by atoms with van der Waals surface area (Å²) in [7, 11) is 0. The van der Waals surface area contributed by atoms with E-state index < -0.39 is 116 Å². The van der Waals surface area contributed by atoms with Crippen molar-refractivity contribution in [2.75, 3.05) is 0 Å². The zero-order valence-corrected chi connectivity index (χ0v) is 15.2. The van der Waals surface area contributed by atoms with Gasteiger partial charge in [-0.2, -0.15) is 0 Å². The molecule has 0 radical (unpaired) electrons. The maximum absolute atomic E-state index is 14.6. The van der Waals surface area contributed by atoms with Crippen molar-refractivity contribution in [3.8, 4) is 0 Å². The van der Waals surface area contributed by atoms with E-state index in [0.717, 1.165) is 0 Å². The van der Waals surface area contributed by atoms with E-state index in [4.69, 9.17) is 0 Å². The van der Waals surface area contributed by atoms with Crippen molar-refractivity contribution in [3.63, 3.8) is 0 Å². The molecule has 0 spiro atoms. The lowest BCUT2D eigenvalue weighted by Gasteiger charge is -2.29. The molecule has 33 heavy (non-hydrogen) atoms. The average Bonchev–Trinajstić information content (AvgIpc) is 2.80. The minimum absolute atomic E-state index is 1.45. The number of fused-ring (bicyclic) bond motifs is 2. The molecule has 172 valence electrons.